The van der Waals surface area contributed by atoms with E-state index >= 15 is 0 Å². The molecule has 0 bridgehead atoms. The van der Waals surface area contributed by atoms with Crippen molar-refractivity contribution in [2.45, 2.75) is 71.1 Å². The van der Waals surface area contributed by atoms with Gasteiger partial charge in [0.2, 0.25) is 0 Å². The molecule has 0 N–H and O–H groups in total. The van der Waals surface area contributed by atoms with E-state index in [9.17, 15) is 0 Å². The molecule has 2 nitrogen and oxygen atoms in total. The van der Waals surface area contributed by atoms with Crippen molar-refractivity contribution in [3.05, 3.63) is 0 Å². The molecule has 2 heteroatoms. The summed E-state index contributed by atoms with van der Waals surface area (Å²) < 4.78 is 0. The first kappa shape index (κ1) is 11.4. The topological polar surface area (TPSA) is 6.48 Å². The van der Waals surface area contributed by atoms with Crippen molar-refractivity contribution in [1.82, 2.24) is 9.80 Å². The molecule has 0 radical (unpaired) electrons. The third-order valence-electron chi connectivity index (χ3n) is 4.24. The molecule has 0 aromatic heterocycles. The molecule has 1 saturated heterocycles. The molecular formula is C13H26N2. The van der Waals surface area contributed by atoms with Gasteiger partial charge in [-0.25, -0.2) is 0 Å². The van der Waals surface area contributed by atoms with Crippen molar-refractivity contribution in [1.29, 1.82) is 0 Å². The summed E-state index contributed by atoms with van der Waals surface area (Å²) >= 11 is 0. The lowest BCUT2D eigenvalue weighted by atomic mass is 10.0. The molecule has 1 aliphatic heterocycles. The summed E-state index contributed by atoms with van der Waals surface area (Å²) in [7, 11) is 0. The van der Waals surface area contributed by atoms with Gasteiger partial charge in [-0.2, -0.15) is 0 Å². The van der Waals surface area contributed by atoms with E-state index in [0.717, 1.165) is 24.2 Å². The minimum Gasteiger partial charge on any atom is -0.295 e. The van der Waals surface area contributed by atoms with Gasteiger partial charge in [0.05, 0.1) is 0 Å². The summed E-state index contributed by atoms with van der Waals surface area (Å²) in [6, 6.07) is 3.15. The number of fused-ring (bicyclic) bond motifs is 1. The number of rotatable bonds is 2. The van der Waals surface area contributed by atoms with Gasteiger partial charge in [-0.15, -0.1) is 0 Å². The Bertz CT molecular complexity index is 191. The lowest BCUT2D eigenvalue weighted by Crippen LogP contribution is -2.60. The molecule has 88 valence electrons. The molecule has 2 atom stereocenters. The predicted octanol–water partition coefficient (Wildman–Crippen LogP) is 2.34. The lowest BCUT2D eigenvalue weighted by Gasteiger charge is -2.48. The fourth-order valence-corrected chi connectivity index (χ4v) is 3.54. The summed E-state index contributed by atoms with van der Waals surface area (Å²) in [5, 5.41) is 0. The average molecular weight is 210 g/mol. The van der Waals surface area contributed by atoms with Crippen molar-refractivity contribution in [3.63, 3.8) is 0 Å². The zero-order valence-corrected chi connectivity index (χ0v) is 10.7. The maximum absolute atomic E-state index is 2.73. The molecule has 0 aromatic carbocycles. The van der Waals surface area contributed by atoms with E-state index in [4.69, 9.17) is 0 Å². The minimum atomic E-state index is 0.727. The van der Waals surface area contributed by atoms with Crippen molar-refractivity contribution in [2.75, 3.05) is 13.1 Å². The van der Waals surface area contributed by atoms with Crippen LogP contribution in [-0.2, 0) is 0 Å². The highest BCUT2D eigenvalue weighted by molar-refractivity contribution is 4.97. The van der Waals surface area contributed by atoms with E-state index in [1.165, 1.54) is 32.4 Å². The van der Waals surface area contributed by atoms with Crippen LogP contribution in [0.2, 0.25) is 0 Å². The van der Waals surface area contributed by atoms with Crippen LogP contribution in [-0.4, -0.2) is 47.1 Å². The molecule has 15 heavy (non-hydrogen) atoms. The molecule has 1 aliphatic carbocycles. The van der Waals surface area contributed by atoms with Gasteiger partial charge >= 0.3 is 0 Å². The quantitative estimate of drug-likeness (QED) is 0.690. The summed E-state index contributed by atoms with van der Waals surface area (Å²) in [6.45, 7) is 11.9. The molecule has 1 unspecified atom stereocenters. The highest BCUT2D eigenvalue weighted by Gasteiger charge is 2.40. The Hall–Kier alpha value is -0.0800. The minimum absolute atomic E-state index is 0.727. The third-order valence-corrected chi connectivity index (χ3v) is 4.24. The summed E-state index contributed by atoms with van der Waals surface area (Å²) in [6.07, 6.45) is 4.28. The second-order valence-electron chi connectivity index (χ2n) is 5.73. The second kappa shape index (κ2) is 4.42. The van der Waals surface area contributed by atoms with Crippen LogP contribution in [0.1, 0.15) is 47.0 Å². The van der Waals surface area contributed by atoms with Crippen LogP contribution in [0.15, 0.2) is 0 Å². The molecular weight excluding hydrogens is 184 g/mol. The molecule has 1 heterocycles. The van der Waals surface area contributed by atoms with Gasteiger partial charge in [0.15, 0.2) is 0 Å². The Morgan fingerprint density at radius 1 is 0.800 bits per heavy atom. The van der Waals surface area contributed by atoms with E-state index < -0.39 is 0 Å². The molecule has 2 rings (SSSR count). The monoisotopic (exact) mass is 210 g/mol. The van der Waals surface area contributed by atoms with Crippen LogP contribution in [0.4, 0.5) is 0 Å². The first-order chi connectivity index (χ1) is 7.11. The van der Waals surface area contributed by atoms with Gasteiger partial charge in [0.1, 0.15) is 0 Å². The molecule has 0 amide bonds. The van der Waals surface area contributed by atoms with Gasteiger partial charge < -0.3 is 0 Å². The predicted molar refractivity (Wildman–Crippen MR) is 65.1 cm³/mol. The Morgan fingerprint density at radius 3 is 1.53 bits per heavy atom. The average Bonchev–Trinajstić information content (AvgIpc) is 2.63. The van der Waals surface area contributed by atoms with E-state index in [-0.39, 0.29) is 0 Å². The second-order valence-corrected chi connectivity index (χ2v) is 5.73. The Balaban J connectivity index is 2.09. The van der Waals surface area contributed by atoms with Crippen LogP contribution in [0, 0.1) is 0 Å². The lowest BCUT2D eigenvalue weighted by molar-refractivity contribution is 0.00129. The van der Waals surface area contributed by atoms with Crippen molar-refractivity contribution in [2.24, 2.45) is 0 Å². The number of nitrogens with zero attached hydrogens (tertiary/aromatic N) is 2. The van der Waals surface area contributed by atoms with Crippen molar-refractivity contribution >= 4 is 0 Å². The van der Waals surface area contributed by atoms with Crippen molar-refractivity contribution in [3.8, 4) is 0 Å². The Labute approximate surface area is 94.6 Å². The van der Waals surface area contributed by atoms with Crippen molar-refractivity contribution < 1.29 is 0 Å². The van der Waals surface area contributed by atoms with E-state index in [0.29, 0.717) is 0 Å². The third kappa shape index (κ3) is 2.07. The molecule has 0 aromatic rings. The number of piperazine rings is 1. The van der Waals surface area contributed by atoms with E-state index in [2.05, 4.69) is 37.5 Å². The van der Waals surface area contributed by atoms with E-state index in [1.807, 2.05) is 0 Å². The fraction of sp³-hybridized carbons (Fsp3) is 1.00. The van der Waals surface area contributed by atoms with Crippen LogP contribution in [0.25, 0.3) is 0 Å². The first-order valence-corrected chi connectivity index (χ1v) is 6.62. The number of hydrogen-bond acceptors (Lipinski definition) is 2. The summed E-state index contributed by atoms with van der Waals surface area (Å²) in [5.41, 5.74) is 0. The molecule has 2 aliphatic rings. The largest absolute Gasteiger partial charge is 0.295 e. The molecule has 0 spiro atoms. The van der Waals surface area contributed by atoms with Gasteiger partial charge in [0, 0.05) is 37.3 Å². The van der Waals surface area contributed by atoms with Gasteiger partial charge in [0.25, 0.3) is 0 Å². The zero-order valence-electron chi connectivity index (χ0n) is 10.7. The number of hydrogen-bond donors (Lipinski definition) is 0. The molecule has 1 saturated carbocycles. The van der Waals surface area contributed by atoms with E-state index in [1.54, 1.807) is 0 Å². The summed E-state index contributed by atoms with van der Waals surface area (Å²) in [5.74, 6) is 0. The Morgan fingerprint density at radius 2 is 1.20 bits per heavy atom. The van der Waals surface area contributed by atoms with Gasteiger partial charge in [-0.05, 0) is 40.5 Å². The summed E-state index contributed by atoms with van der Waals surface area (Å²) in [4.78, 5) is 5.47. The SMILES string of the molecule is CC(C)N1CCN(C(C)C)[C@@H]2CCCC21. The first-order valence-electron chi connectivity index (χ1n) is 6.62. The maximum Gasteiger partial charge on any atom is 0.0254 e. The van der Waals surface area contributed by atoms with Gasteiger partial charge in [-0.3, -0.25) is 9.80 Å². The smallest absolute Gasteiger partial charge is 0.0254 e. The van der Waals surface area contributed by atoms with Crippen LogP contribution < -0.4 is 0 Å². The standard InChI is InChI=1S/C13H26N2/c1-10(2)14-8-9-15(11(3)4)13-7-5-6-12(13)14/h10-13H,5-9H2,1-4H3/t12-,13?/m1/s1. The Kier molecular flexibility index (Phi) is 3.36. The van der Waals surface area contributed by atoms with Crippen LogP contribution in [0.3, 0.4) is 0 Å². The highest BCUT2D eigenvalue weighted by Crippen LogP contribution is 2.33. The zero-order chi connectivity index (χ0) is 11.0. The highest BCUT2D eigenvalue weighted by atomic mass is 15.3. The van der Waals surface area contributed by atoms with Gasteiger partial charge in [-0.1, -0.05) is 6.42 Å². The maximum atomic E-state index is 2.73. The van der Waals surface area contributed by atoms with Crippen LogP contribution in [0.5, 0.6) is 0 Å². The fourth-order valence-electron chi connectivity index (χ4n) is 3.54. The molecule has 2 fully saturated rings. The normalized spacial score (nSPS) is 34.0. The van der Waals surface area contributed by atoms with Crippen LogP contribution >= 0.6 is 0 Å².